The van der Waals surface area contributed by atoms with Crippen LogP contribution in [0.1, 0.15) is 10.4 Å². The zero-order chi connectivity index (χ0) is 20.9. The van der Waals surface area contributed by atoms with Crippen molar-refractivity contribution in [1.82, 2.24) is 9.80 Å². The number of benzene rings is 1. The minimum atomic E-state index is -4.70. The smallest absolute Gasteiger partial charge is 0.394 e. The number of amides is 1. The molecule has 1 aliphatic heterocycles. The predicted molar refractivity (Wildman–Crippen MR) is 95.4 cm³/mol. The lowest BCUT2D eigenvalue weighted by Gasteiger charge is -2.34. The van der Waals surface area contributed by atoms with Crippen LogP contribution in [0.15, 0.2) is 41.0 Å². The van der Waals surface area contributed by atoms with Crippen molar-refractivity contribution in [3.8, 4) is 0 Å². The highest BCUT2D eigenvalue weighted by Crippen LogP contribution is 2.19. The fraction of sp³-hybridized carbons (Fsp3) is 0.389. The Kier molecular flexibility index (Phi) is 6.90. The number of rotatable bonds is 5. The van der Waals surface area contributed by atoms with Gasteiger partial charge in [0.2, 0.25) is 0 Å². The lowest BCUT2D eigenvalue weighted by molar-refractivity contribution is -0.128. The Morgan fingerprint density at radius 2 is 1.71 bits per heavy atom. The van der Waals surface area contributed by atoms with Gasteiger partial charge in [-0.15, -0.1) is 0 Å². The number of allylic oxidation sites excluding steroid dienone is 1. The zero-order valence-corrected chi connectivity index (χ0v) is 15.2. The average molecular weight is 400 g/mol. The number of hydrogen-bond acceptors (Lipinski definition) is 5. The van der Waals surface area contributed by atoms with Gasteiger partial charge in [0, 0.05) is 38.8 Å². The number of aliphatic imine (C=N–C) groups is 1. The van der Waals surface area contributed by atoms with Gasteiger partial charge in [0.05, 0.1) is 12.2 Å². The number of nitrogens with zero attached hydrogens (tertiary/aromatic N) is 3. The van der Waals surface area contributed by atoms with Crippen molar-refractivity contribution in [2.45, 2.75) is 6.18 Å². The molecule has 1 amide bonds. The van der Waals surface area contributed by atoms with E-state index in [4.69, 9.17) is 5.73 Å². The topological polar surface area (TPSA) is 79.0 Å². The molecule has 2 N–H and O–H groups in total. The molecule has 1 aliphatic rings. The number of carbonyl (C=O) groups excluding carboxylic acids is 2. The summed E-state index contributed by atoms with van der Waals surface area (Å²) in [6.45, 7) is 1.25. The molecule has 0 bridgehead atoms. The summed E-state index contributed by atoms with van der Waals surface area (Å²) < 4.78 is 51.0. The second-order valence-corrected chi connectivity index (χ2v) is 6.20. The largest absolute Gasteiger partial charge is 0.432 e. The minimum Gasteiger partial charge on any atom is -0.394 e. The fourth-order valence-electron chi connectivity index (χ4n) is 2.70. The maximum absolute atomic E-state index is 12.9. The Morgan fingerprint density at radius 1 is 1.14 bits per heavy atom. The summed E-state index contributed by atoms with van der Waals surface area (Å²) in [5.41, 5.74) is 4.11. The van der Waals surface area contributed by atoms with E-state index < -0.39 is 29.3 Å². The molecule has 6 nitrogen and oxygen atoms in total. The van der Waals surface area contributed by atoms with Crippen LogP contribution in [0, 0.1) is 5.82 Å². The molecule has 1 saturated heterocycles. The number of piperazine rings is 1. The number of hydrogen-bond donors (Lipinski definition) is 1. The second kappa shape index (κ2) is 8.96. The number of ketones is 1. The van der Waals surface area contributed by atoms with Gasteiger partial charge < -0.3 is 10.6 Å². The van der Waals surface area contributed by atoms with Crippen LogP contribution < -0.4 is 5.73 Å². The number of alkyl halides is 3. The highest BCUT2D eigenvalue weighted by molar-refractivity contribution is 6.06. The minimum absolute atomic E-state index is 0.0969. The molecule has 1 fully saturated rings. The Bertz CT molecular complexity index is 780. The first-order valence-corrected chi connectivity index (χ1v) is 8.43. The van der Waals surface area contributed by atoms with E-state index in [2.05, 4.69) is 4.99 Å². The first kappa shape index (κ1) is 21.5. The molecule has 1 aromatic rings. The highest BCUT2D eigenvalue weighted by atomic mass is 19.4. The van der Waals surface area contributed by atoms with Crippen LogP contribution in [0.5, 0.6) is 0 Å². The molecule has 0 unspecified atom stereocenters. The Balaban J connectivity index is 1.91. The van der Waals surface area contributed by atoms with E-state index in [0.717, 1.165) is 7.05 Å². The summed E-state index contributed by atoms with van der Waals surface area (Å²) in [5.74, 6) is -1.33. The van der Waals surface area contributed by atoms with Gasteiger partial charge in [-0.25, -0.2) is 4.39 Å². The molecule has 10 heteroatoms. The molecule has 0 aliphatic carbocycles. The van der Waals surface area contributed by atoms with Crippen LogP contribution in [0.2, 0.25) is 0 Å². The van der Waals surface area contributed by atoms with Crippen LogP contribution >= 0.6 is 0 Å². The molecule has 28 heavy (non-hydrogen) atoms. The van der Waals surface area contributed by atoms with Gasteiger partial charge in [0.25, 0.3) is 5.91 Å². The maximum atomic E-state index is 12.9. The Morgan fingerprint density at radius 3 is 2.21 bits per heavy atom. The van der Waals surface area contributed by atoms with Crippen LogP contribution in [-0.4, -0.2) is 73.1 Å². The zero-order valence-electron chi connectivity index (χ0n) is 15.2. The number of carbonyl (C=O) groups is 2. The normalized spacial score (nSPS) is 17.0. The van der Waals surface area contributed by atoms with Crippen LogP contribution in [-0.2, 0) is 4.79 Å². The number of nitrogens with two attached hydrogens (primary N) is 1. The van der Waals surface area contributed by atoms with Crippen molar-refractivity contribution in [1.29, 1.82) is 0 Å². The second-order valence-electron chi connectivity index (χ2n) is 6.20. The SMILES string of the molecule is CN=C(C=C(N)C(=O)N1CCN(CC(=O)c2ccc(F)cc2)CC1)C(F)(F)F. The van der Waals surface area contributed by atoms with E-state index in [1.54, 1.807) is 0 Å². The molecular formula is C18H20F4N4O2. The van der Waals surface area contributed by atoms with Gasteiger partial charge in [-0.3, -0.25) is 19.5 Å². The molecule has 0 atom stereocenters. The lowest BCUT2D eigenvalue weighted by Crippen LogP contribution is -2.51. The third-order valence-electron chi connectivity index (χ3n) is 4.26. The van der Waals surface area contributed by atoms with Gasteiger partial charge >= 0.3 is 6.18 Å². The fourth-order valence-corrected chi connectivity index (χ4v) is 2.70. The van der Waals surface area contributed by atoms with Crippen molar-refractivity contribution in [2.75, 3.05) is 39.8 Å². The molecule has 0 spiro atoms. The van der Waals surface area contributed by atoms with Gasteiger partial charge in [-0.05, 0) is 30.3 Å². The monoisotopic (exact) mass is 400 g/mol. The van der Waals surface area contributed by atoms with Gasteiger partial charge in [-0.1, -0.05) is 0 Å². The van der Waals surface area contributed by atoms with Crippen molar-refractivity contribution in [3.63, 3.8) is 0 Å². The molecule has 152 valence electrons. The van der Waals surface area contributed by atoms with Gasteiger partial charge in [0.1, 0.15) is 11.5 Å². The summed E-state index contributed by atoms with van der Waals surface area (Å²) in [6, 6.07) is 5.20. The first-order chi connectivity index (χ1) is 13.1. The van der Waals surface area contributed by atoms with Gasteiger partial charge in [-0.2, -0.15) is 13.2 Å². The van der Waals surface area contributed by atoms with Crippen LogP contribution in [0.3, 0.4) is 0 Å². The molecular weight excluding hydrogens is 380 g/mol. The molecule has 1 aromatic carbocycles. The summed E-state index contributed by atoms with van der Waals surface area (Å²) in [6.07, 6.45) is -4.17. The van der Waals surface area contributed by atoms with Crippen LogP contribution in [0.4, 0.5) is 17.6 Å². The van der Waals surface area contributed by atoms with Crippen molar-refractivity contribution in [3.05, 3.63) is 47.4 Å². The summed E-state index contributed by atoms with van der Waals surface area (Å²) in [5, 5.41) is 0. The standard InChI is InChI=1S/C18H20F4N4O2/c1-24-16(18(20,21)22)10-14(23)17(28)26-8-6-25(7-9-26)11-15(27)12-2-4-13(19)5-3-12/h2-5,10H,6-9,11,23H2,1H3. The van der Waals surface area contributed by atoms with E-state index >= 15 is 0 Å². The summed E-state index contributed by atoms with van der Waals surface area (Å²) >= 11 is 0. The van der Waals surface area contributed by atoms with Gasteiger partial charge in [0.15, 0.2) is 5.78 Å². The summed E-state index contributed by atoms with van der Waals surface area (Å²) in [4.78, 5) is 30.7. The quantitative estimate of drug-likeness (QED) is 0.353. The highest BCUT2D eigenvalue weighted by Gasteiger charge is 2.34. The summed E-state index contributed by atoms with van der Waals surface area (Å²) in [7, 11) is 0.966. The molecule has 0 aromatic heterocycles. The predicted octanol–water partition coefficient (Wildman–Crippen LogP) is 1.63. The third kappa shape index (κ3) is 5.62. The van der Waals surface area contributed by atoms with E-state index in [1.807, 2.05) is 4.90 Å². The number of Topliss-reactive ketones (excluding diaryl/α,β-unsaturated/α-hetero) is 1. The van der Waals surface area contributed by atoms with Crippen molar-refractivity contribution in [2.24, 2.45) is 10.7 Å². The first-order valence-electron chi connectivity index (χ1n) is 8.43. The van der Waals surface area contributed by atoms with E-state index in [-0.39, 0.29) is 25.4 Å². The molecule has 0 saturated carbocycles. The molecule has 0 radical (unpaired) electrons. The van der Waals surface area contributed by atoms with Crippen molar-refractivity contribution >= 4 is 17.4 Å². The van der Waals surface area contributed by atoms with Crippen molar-refractivity contribution < 1.29 is 27.2 Å². The van der Waals surface area contributed by atoms with Crippen LogP contribution in [0.25, 0.3) is 0 Å². The lowest BCUT2D eigenvalue weighted by atomic mass is 10.1. The van der Waals surface area contributed by atoms with E-state index in [0.29, 0.717) is 24.7 Å². The maximum Gasteiger partial charge on any atom is 0.432 e. The Labute approximate surface area is 159 Å². The molecule has 2 rings (SSSR count). The number of halogens is 4. The Hall–Kier alpha value is -2.75. The average Bonchev–Trinajstić information content (AvgIpc) is 2.65. The van der Waals surface area contributed by atoms with E-state index in [1.165, 1.54) is 29.2 Å². The third-order valence-corrected chi connectivity index (χ3v) is 4.26. The molecule has 1 heterocycles. The van der Waals surface area contributed by atoms with E-state index in [9.17, 15) is 27.2 Å².